The Hall–Kier alpha value is -2.70. The minimum Gasteiger partial charge on any atom is -0.349 e. The van der Waals surface area contributed by atoms with Crippen LogP contribution in [0.1, 0.15) is 46.5 Å². The van der Waals surface area contributed by atoms with Gasteiger partial charge in [-0.1, -0.05) is 0 Å². The molecule has 1 unspecified atom stereocenters. The van der Waals surface area contributed by atoms with Gasteiger partial charge in [0.1, 0.15) is 11.5 Å². The van der Waals surface area contributed by atoms with E-state index in [9.17, 15) is 14.0 Å². The van der Waals surface area contributed by atoms with Crippen LogP contribution in [0.15, 0.2) is 36.8 Å². The lowest BCUT2D eigenvalue weighted by Gasteiger charge is -2.38. The SMILES string of the molecule is Cn1cnc(C(=O)N2[C@@H]3CC[C@H]2CC(NC(=O)c2ccc(F)cc2)C3)c1. The monoisotopic (exact) mass is 356 g/mol. The van der Waals surface area contributed by atoms with Crippen molar-refractivity contribution in [1.29, 1.82) is 0 Å². The number of halogens is 1. The highest BCUT2D eigenvalue weighted by molar-refractivity contribution is 5.94. The summed E-state index contributed by atoms with van der Waals surface area (Å²) in [4.78, 5) is 31.3. The molecule has 7 heteroatoms. The van der Waals surface area contributed by atoms with Gasteiger partial charge in [-0.15, -0.1) is 0 Å². The first-order chi connectivity index (χ1) is 12.5. The third kappa shape index (κ3) is 3.09. The maximum atomic E-state index is 13.0. The van der Waals surface area contributed by atoms with Crippen molar-refractivity contribution >= 4 is 11.8 Å². The number of rotatable bonds is 3. The number of piperidine rings is 1. The van der Waals surface area contributed by atoms with Crippen molar-refractivity contribution in [2.75, 3.05) is 0 Å². The lowest BCUT2D eigenvalue weighted by molar-refractivity contribution is 0.0544. The first-order valence-electron chi connectivity index (χ1n) is 8.88. The number of carbonyl (C=O) groups excluding carboxylic acids is 2. The summed E-state index contributed by atoms with van der Waals surface area (Å²) in [6, 6.07) is 5.82. The quantitative estimate of drug-likeness (QED) is 0.916. The van der Waals surface area contributed by atoms with Gasteiger partial charge in [-0.25, -0.2) is 9.37 Å². The molecule has 2 aliphatic rings. The van der Waals surface area contributed by atoms with E-state index in [1.807, 2.05) is 11.9 Å². The van der Waals surface area contributed by atoms with Crippen molar-refractivity contribution in [3.63, 3.8) is 0 Å². The molecule has 3 atom stereocenters. The number of carbonyl (C=O) groups is 2. The molecule has 0 saturated carbocycles. The van der Waals surface area contributed by atoms with Crippen LogP contribution in [-0.2, 0) is 7.05 Å². The molecular formula is C19H21FN4O2. The van der Waals surface area contributed by atoms with Crippen LogP contribution in [0.4, 0.5) is 4.39 Å². The number of nitrogens with one attached hydrogen (secondary N) is 1. The minimum absolute atomic E-state index is 0.0258. The van der Waals surface area contributed by atoms with Crippen molar-refractivity contribution in [3.8, 4) is 0 Å². The van der Waals surface area contributed by atoms with E-state index in [1.54, 1.807) is 17.1 Å². The number of amides is 2. The van der Waals surface area contributed by atoms with E-state index >= 15 is 0 Å². The molecule has 1 aromatic carbocycles. The molecule has 0 aliphatic carbocycles. The second kappa shape index (κ2) is 6.55. The van der Waals surface area contributed by atoms with Crippen LogP contribution in [-0.4, -0.2) is 44.4 Å². The van der Waals surface area contributed by atoms with Crippen molar-refractivity contribution in [3.05, 3.63) is 53.9 Å². The van der Waals surface area contributed by atoms with Crippen molar-refractivity contribution in [1.82, 2.24) is 19.8 Å². The molecule has 1 N–H and O–H groups in total. The molecule has 0 radical (unpaired) electrons. The summed E-state index contributed by atoms with van der Waals surface area (Å²) in [5, 5.41) is 3.04. The van der Waals surface area contributed by atoms with E-state index in [0.29, 0.717) is 11.3 Å². The molecule has 0 spiro atoms. The highest BCUT2D eigenvalue weighted by atomic mass is 19.1. The zero-order chi connectivity index (χ0) is 18.3. The predicted octanol–water partition coefficient (Wildman–Crippen LogP) is 2.12. The molecule has 2 fully saturated rings. The smallest absolute Gasteiger partial charge is 0.274 e. The van der Waals surface area contributed by atoms with Crippen molar-refractivity contribution in [2.24, 2.45) is 7.05 Å². The van der Waals surface area contributed by atoms with Gasteiger partial charge in [0.2, 0.25) is 0 Å². The standard InChI is InChI=1S/C19H21FN4O2/c1-23-10-17(21-11-23)19(26)24-15-6-7-16(24)9-14(8-15)22-18(25)12-2-4-13(20)5-3-12/h2-5,10-11,14-16H,6-9H2,1H3,(H,22,25)/t14?,15-,16+. The number of aromatic nitrogens is 2. The van der Waals surface area contributed by atoms with Crippen LogP contribution in [0.3, 0.4) is 0 Å². The Balaban J connectivity index is 1.42. The third-order valence-electron chi connectivity index (χ3n) is 5.33. The number of imidazole rings is 1. The van der Waals surface area contributed by atoms with Gasteiger partial charge < -0.3 is 14.8 Å². The number of aryl methyl sites for hydroxylation is 1. The predicted molar refractivity (Wildman–Crippen MR) is 93.1 cm³/mol. The third-order valence-corrected chi connectivity index (χ3v) is 5.33. The second-order valence-electron chi connectivity index (χ2n) is 7.17. The van der Waals surface area contributed by atoms with E-state index in [1.165, 1.54) is 24.3 Å². The number of benzene rings is 1. The zero-order valence-electron chi connectivity index (χ0n) is 14.6. The van der Waals surface area contributed by atoms with E-state index < -0.39 is 0 Å². The molecular weight excluding hydrogens is 335 g/mol. The molecule has 2 aliphatic heterocycles. The lowest BCUT2D eigenvalue weighted by Crippen LogP contribution is -2.52. The summed E-state index contributed by atoms with van der Waals surface area (Å²) in [5.74, 6) is -0.582. The van der Waals surface area contributed by atoms with E-state index in [2.05, 4.69) is 10.3 Å². The largest absolute Gasteiger partial charge is 0.349 e. The molecule has 2 saturated heterocycles. The Kier molecular flexibility index (Phi) is 4.22. The van der Waals surface area contributed by atoms with Crippen LogP contribution in [0.25, 0.3) is 0 Å². The maximum absolute atomic E-state index is 13.0. The molecule has 2 amide bonds. The fraction of sp³-hybridized carbons (Fsp3) is 0.421. The normalized spacial score (nSPS) is 24.5. The van der Waals surface area contributed by atoms with E-state index in [4.69, 9.17) is 0 Å². The van der Waals surface area contributed by atoms with Crippen molar-refractivity contribution < 1.29 is 14.0 Å². The Morgan fingerprint density at radius 2 is 1.81 bits per heavy atom. The van der Waals surface area contributed by atoms with Crippen molar-refractivity contribution in [2.45, 2.75) is 43.8 Å². The average Bonchev–Trinajstić information content (AvgIpc) is 3.16. The molecule has 6 nitrogen and oxygen atoms in total. The summed E-state index contributed by atoms with van der Waals surface area (Å²) in [5.41, 5.74) is 0.920. The maximum Gasteiger partial charge on any atom is 0.274 e. The molecule has 26 heavy (non-hydrogen) atoms. The van der Waals surface area contributed by atoms with E-state index in [-0.39, 0.29) is 35.8 Å². The molecule has 3 heterocycles. The minimum atomic E-state index is -0.360. The van der Waals surface area contributed by atoms with Crippen LogP contribution in [0.2, 0.25) is 0 Å². The Bertz CT molecular complexity index is 818. The van der Waals surface area contributed by atoms with Crippen LogP contribution < -0.4 is 5.32 Å². The molecule has 2 aromatic rings. The summed E-state index contributed by atoms with van der Waals surface area (Å²) in [6.07, 6.45) is 6.75. The Labute approximate surface area is 151 Å². The number of fused-ring (bicyclic) bond motifs is 2. The fourth-order valence-electron chi connectivity index (χ4n) is 4.15. The van der Waals surface area contributed by atoms with Crippen LogP contribution in [0, 0.1) is 5.82 Å². The van der Waals surface area contributed by atoms with Gasteiger partial charge in [-0.3, -0.25) is 9.59 Å². The van der Waals surface area contributed by atoms with Gasteiger partial charge in [0.25, 0.3) is 11.8 Å². The van der Waals surface area contributed by atoms with Gasteiger partial charge in [0.15, 0.2) is 0 Å². The number of hydrogen-bond donors (Lipinski definition) is 1. The fourth-order valence-corrected chi connectivity index (χ4v) is 4.15. The van der Waals surface area contributed by atoms with Gasteiger partial charge in [-0.2, -0.15) is 0 Å². The summed E-state index contributed by atoms with van der Waals surface area (Å²) in [7, 11) is 1.84. The Morgan fingerprint density at radius 1 is 1.15 bits per heavy atom. The molecule has 4 rings (SSSR count). The first kappa shape index (κ1) is 16.8. The molecule has 1 aromatic heterocycles. The summed E-state index contributed by atoms with van der Waals surface area (Å²) >= 11 is 0. The molecule has 2 bridgehead atoms. The Morgan fingerprint density at radius 3 is 2.38 bits per heavy atom. The highest BCUT2D eigenvalue weighted by Gasteiger charge is 2.44. The van der Waals surface area contributed by atoms with Gasteiger partial charge in [0, 0.05) is 36.9 Å². The topological polar surface area (TPSA) is 67.2 Å². The van der Waals surface area contributed by atoms with Crippen LogP contribution >= 0.6 is 0 Å². The van der Waals surface area contributed by atoms with Crippen LogP contribution in [0.5, 0.6) is 0 Å². The van der Waals surface area contributed by atoms with Gasteiger partial charge in [0.05, 0.1) is 6.33 Å². The zero-order valence-corrected chi connectivity index (χ0v) is 14.6. The summed E-state index contributed by atoms with van der Waals surface area (Å²) < 4.78 is 14.8. The molecule has 136 valence electrons. The number of hydrogen-bond acceptors (Lipinski definition) is 3. The van der Waals surface area contributed by atoms with Gasteiger partial charge >= 0.3 is 0 Å². The second-order valence-corrected chi connectivity index (χ2v) is 7.17. The lowest BCUT2D eigenvalue weighted by atomic mass is 9.96. The van der Waals surface area contributed by atoms with Gasteiger partial charge in [-0.05, 0) is 49.9 Å². The summed E-state index contributed by atoms with van der Waals surface area (Å²) in [6.45, 7) is 0. The first-order valence-corrected chi connectivity index (χ1v) is 8.88. The highest BCUT2D eigenvalue weighted by Crippen LogP contribution is 2.36. The average molecular weight is 356 g/mol. The number of nitrogens with zero attached hydrogens (tertiary/aromatic N) is 3. The van der Waals surface area contributed by atoms with E-state index in [0.717, 1.165) is 25.7 Å².